The third-order valence-corrected chi connectivity index (χ3v) is 3.49. The molecule has 0 radical (unpaired) electrons. The predicted octanol–water partition coefficient (Wildman–Crippen LogP) is 2.07. The van der Waals surface area contributed by atoms with Crippen molar-refractivity contribution in [3.05, 3.63) is 22.7 Å². The Bertz CT molecular complexity index is 418. The second-order valence-electron chi connectivity index (χ2n) is 3.80. The number of carbonyl (C=O) groups is 1. The van der Waals surface area contributed by atoms with Crippen LogP contribution < -0.4 is 9.47 Å². The van der Waals surface area contributed by atoms with Gasteiger partial charge in [-0.05, 0) is 34.5 Å². The van der Waals surface area contributed by atoms with Gasteiger partial charge in [-0.25, -0.2) is 0 Å². The number of rotatable bonds is 4. The fraction of sp³-hybridized carbons (Fsp3) is 0.417. The van der Waals surface area contributed by atoms with E-state index in [1.807, 2.05) is 12.1 Å². The summed E-state index contributed by atoms with van der Waals surface area (Å²) in [5.41, 5.74) is 0. The molecule has 0 aromatic heterocycles. The first-order valence-corrected chi connectivity index (χ1v) is 6.24. The molecule has 0 saturated carbocycles. The Kier molecular flexibility index (Phi) is 3.89. The molecule has 92 valence electrons. The highest BCUT2D eigenvalue weighted by Gasteiger charge is 2.20. The van der Waals surface area contributed by atoms with Crippen LogP contribution in [0.5, 0.6) is 11.5 Å². The normalized spacial score (nSPS) is 14.1. The Balaban J connectivity index is 1.96. The number of ether oxygens (including phenoxy) is 2. The van der Waals surface area contributed by atoms with E-state index in [-0.39, 0.29) is 12.5 Å². The Hall–Kier alpha value is -1.23. The van der Waals surface area contributed by atoms with E-state index < -0.39 is 0 Å². The van der Waals surface area contributed by atoms with Crippen molar-refractivity contribution >= 4 is 21.8 Å². The van der Waals surface area contributed by atoms with Crippen LogP contribution in [0.3, 0.4) is 0 Å². The Morgan fingerprint density at radius 3 is 2.71 bits per heavy atom. The zero-order valence-corrected chi connectivity index (χ0v) is 11.2. The highest BCUT2D eigenvalue weighted by Crippen LogP contribution is 2.33. The molecular formula is C12H14BrNO3. The van der Waals surface area contributed by atoms with Crippen LogP contribution in [0.4, 0.5) is 0 Å². The monoisotopic (exact) mass is 299 g/mol. The van der Waals surface area contributed by atoms with Crippen LogP contribution in [0, 0.1) is 0 Å². The number of likely N-dealkylation sites (tertiary alicyclic amines) is 1. The van der Waals surface area contributed by atoms with Gasteiger partial charge < -0.3 is 14.4 Å². The summed E-state index contributed by atoms with van der Waals surface area (Å²) >= 11 is 3.38. The molecule has 1 amide bonds. The Morgan fingerprint density at radius 1 is 1.41 bits per heavy atom. The fourth-order valence-corrected chi connectivity index (χ4v) is 2.10. The van der Waals surface area contributed by atoms with Crippen molar-refractivity contribution in [1.29, 1.82) is 0 Å². The number of carbonyl (C=O) groups excluding carboxylic acids is 1. The smallest absolute Gasteiger partial charge is 0.260 e. The van der Waals surface area contributed by atoms with Gasteiger partial charge in [-0.2, -0.15) is 0 Å². The van der Waals surface area contributed by atoms with Gasteiger partial charge in [0.2, 0.25) is 0 Å². The summed E-state index contributed by atoms with van der Waals surface area (Å²) < 4.78 is 11.4. The molecule has 0 bridgehead atoms. The number of nitrogens with zero attached hydrogens (tertiary/aromatic N) is 1. The van der Waals surface area contributed by atoms with Gasteiger partial charge in [0.25, 0.3) is 5.91 Å². The maximum absolute atomic E-state index is 11.6. The molecule has 1 heterocycles. The van der Waals surface area contributed by atoms with Crippen molar-refractivity contribution in [2.75, 3.05) is 26.8 Å². The third kappa shape index (κ3) is 2.72. The summed E-state index contributed by atoms with van der Waals surface area (Å²) in [5, 5.41) is 0. The Labute approximate surface area is 109 Å². The van der Waals surface area contributed by atoms with Gasteiger partial charge in [0.1, 0.15) is 16.0 Å². The van der Waals surface area contributed by atoms with Gasteiger partial charge >= 0.3 is 0 Å². The number of amides is 1. The molecule has 0 atom stereocenters. The summed E-state index contributed by atoms with van der Waals surface area (Å²) in [6.45, 7) is 1.77. The first-order chi connectivity index (χ1) is 8.22. The van der Waals surface area contributed by atoms with Crippen LogP contribution in [-0.4, -0.2) is 37.6 Å². The topological polar surface area (TPSA) is 38.8 Å². The maximum Gasteiger partial charge on any atom is 0.260 e. The van der Waals surface area contributed by atoms with Crippen molar-refractivity contribution in [2.24, 2.45) is 0 Å². The molecule has 1 aliphatic rings. The average molecular weight is 300 g/mol. The first kappa shape index (κ1) is 12.2. The zero-order chi connectivity index (χ0) is 12.3. The SMILES string of the molecule is COc1cccc(OCC(=O)N2CCC2)c1Br. The van der Waals surface area contributed by atoms with Crippen LogP contribution in [0.15, 0.2) is 22.7 Å². The second-order valence-corrected chi connectivity index (χ2v) is 4.59. The summed E-state index contributed by atoms with van der Waals surface area (Å²) in [5.74, 6) is 1.35. The molecule has 0 spiro atoms. The van der Waals surface area contributed by atoms with E-state index in [1.165, 1.54) is 0 Å². The summed E-state index contributed by atoms with van der Waals surface area (Å²) in [4.78, 5) is 13.4. The lowest BCUT2D eigenvalue weighted by molar-refractivity contribution is -0.136. The molecule has 1 aromatic carbocycles. The van der Waals surface area contributed by atoms with Gasteiger partial charge in [0.15, 0.2) is 6.61 Å². The van der Waals surface area contributed by atoms with Crippen LogP contribution in [0.2, 0.25) is 0 Å². The van der Waals surface area contributed by atoms with Gasteiger partial charge in [-0.3, -0.25) is 4.79 Å². The Morgan fingerprint density at radius 2 is 2.12 bits per heavy atom. The molecule has 0 unspecified atom stereocenters. The zero-order valence-electron chi connectivity index (χ0n) is 9.61. The molecule has 17 heavy (non-hydrogen) atoms. The van der Waals surface area contributed by atoms with E-state index in [0.717, 1.165) is 24.0 Å². The molecule has 4 nitrogen and oxygen atoms in total. The van der Waals surface area contributed by atoms with E-state index >= 15 is 0 Å². The molecule has 0 aliphatic carbocycles. The summed E-state index contributed by atoms with van der Waals surface area (Å²) in [6.07, 6.45) is 1.09. The number of hydrogen-bond acceptors (Lipinski definition) is 3. The molecule has 5 heteroatoms. The number of benzene rings is 1. The van der Waals surface area contributed by atoms with Crippen LogP contribution >= 0.6 is 15.9 Å². The molecular weight excluding hydrogens is 286 g/mol. The predicted molar refractivity (Wildman–Crippen MR) is 67.4 cm³/mol. The van der Waals surface area contributed by atoms with Crippen molar-refractivity contribution in [3.63, 3.8) is 0 Å². The highest BCUT2D eigenvalue weighted by atomic mass is 79.9. The maximum atomic E-state index is 11.6. The lowest BCUT2D eigenvalue weighted by atomic mass is 10.2. The van der Waals surface area contributed by atoms with E-state index in [2.05, 4.69) is 15.9 Å². The largest absolute Gasteiger partial charge is 0.495 e. The van der Waals surface area contributed by atoms with E-state index in [9.17, 15) is 4.79 Å². The molecule has 2 rings (SSSR count). The van der Waals surface area contributed by atoms with Crippen molar-refractivity contribution < 1.29 is 14.3 Å². The number of hydrogen-bond donors (Lipinski definition) is 0. The molecule has 1 fully saturated rings. The van der Waals surface area contributed by atoms with Gasteiger partial charge in [0.05, 0.1) is 7.11 Å². The number of methoxy groups -OCH3 is 1. The van der Waals surface area contributed by atoms with Crippen molar-refractivity contribution in [1.82, 2.24) is 4.90 Å². The number of halogens is 1. The quantitative estimate of drug-likeness (QED) is 0.854. The molecule has 0 N–H and O–H groups in total. The van der Waals surface area contributed by atoms with Gasteiger partial charge in [0, 0.05) is 13.1 Å². The van der Waals surface area contributed by atoms with E-state index in [4.69, 9.17) is 9.47 Å². The lowest BCUT2D eigenvalue weighted by Gasteiger charge is -2.30. The minimum atomic E-state index is 0.0333. The van der Waals surface area contributed by atoms with Crippen LogP contribution in [-0.2, 0) is 4.79 Å². The highest BCUT2D eigenvalue weighted by molar-refractivity contribution is 9.10. The third-order valence-electron chi connectivity index (χ3n) is 2.71. The fourth-order valence-electron chi connectivity index (χ4n) is 1.56. The first-order valence-electron chi connectivity index (χ1n) is 5.45. The lowest BCUT2D eigenvalue weighted by Crippen LogP contribution is -2.44. The van der Waals surface area contributed by atoms with Crippen molar-refractivity contribution in [2.45, 2.75) is 6.42 Å². The average Bonchev–Trinajstić information content (AvgIpc) is 2.25. The summed E-state index contributed by atoms with van der Waals surface area (Å²) in [6, 6.07) is 5.46. The molecule has 1 aromatic rings. The minimum absolute atomic E-state index is 0.0333. The van der Waals surface area contributed by atoms with Crippen LogP contribution in [0.1, 0.15) is 6.42 Å². The second kappa shape index (κ2) is 5.40. The minimum Gasteiger partial charge on any atom is -0.495 e. The molecule has 1 saturated heterocycles. The van der Waals surface area contributed by atoms with Gasteiger partial charge in [-0.15, -0.1) is 0 Å². The summed E-state index contributed by atoms with van der Waals surface area (Å²) in [7, 11) is 1.59. The van der Waals surface area contributed by atoms with Crippen molar-refractivity contribution in [3.8, 4) is 11.5 Å². The molecule has 1 aliphatic heterocycles. The van der Waals surface area contributed by atoms with E-state index in [0.29, 0.717) is 11.5 Å². The van der Waals surface area contributed by atoms with Crippen LogP contribution in [0.25, 0.3) is 0 Å². The van der Waals surface area contributed by atoms with E-state index in [1.54, 1.807) is 18.1 Å². The van der Waals surface area contributed by atoms with Gasteiger partial charge in [-0.1, -0.05) is 6.07 Å². The standard InChI is InChI=1S/C12H14BrNO3/c1-16-9-4-2-5-10(12(9)13)17-8-11(15)14-6-3-7-14/h2,4-5H,3,6-8H2,1H3.